The minimum Gasteiger partial charge on any atom is -0.466 e. The molecule has 6 heteroatoms. The molecule has 0 aromatic heterocycles. The second-order valence-electron chi connectivity index (χ2n) is 6.17. The number of rotatable bonds is 6. The minimum atomic E-state index is -0.689. The summed E-state index contributed by atoms with van der Waals surface area (Å²) in [5.41, 5.74) is 0.252. The van der Waals surface area contributed by atoms with Crippen molar-refractivity contribution in [2.45, 2.75) is 26.8 Å². The highest BCUT2D eigenvalue weighted by Crippen LogP contribution is 2.18. The van der Waals surface area contributed by atoms with E-state index in [0.29, 0.717) is 0 Å². The van der Waals surface area contributed by atoms with Crippen molar-refractivity contribution < 1.29 is 23.9 Å². The number of carbonyl (C=O) groups excluding carboxylic acids is 3. The molecule has 0 saturated heterocycles. The highest BCUT2D eigenvalue weighted by molar-refractivity contribution is 5.91. The standard InChI is InChI=1S/C18H23NO5/c1-18(2,3)17(22)19-14(13-8-6-5-7-9-13)12-24-16(21)11-10-15(20)23-4/h5-11,14H,12H2,1-4H3,(H,19,22)/b11-10+. The molecule has 6 nitrogen and oxygen atoms in total. The summed E-state index contributed by atoms with van der Waals surface area (Å²) in [4.78, 5) is 34.8. The van der Waals surface area contributed by atoms with E-state index < -0.39 is 23.4 Å². The van der Waals surface area contributed by atoms with Crippen LogP contribution in [0.4, 0.5) is 0 Å². The number of ether oxygens (including phenoxy) is 2. The Balaban J connectivity index is 2.76. The van der Waals surface area contributed by atoms with Crippen molar-refractivity contribution in [1.29, 1.82) is 0 Å². The monoisotopic (exact) mass is 333 g/mol. The maximum atomic E-state index is 12.2. The van der Waals surface area contributed by atoms with Crippen LogP contribution < -0.4 is 5.32 Å². The topological polar surface area (TPSA) is 81.7 Å². The molecule has 1 aromatic carbocycles. The van der Waals surface area contributed by atoms with Gasteiger partial charge in [-0.15, -0.1) is 0 Å². The highest BCUT2D eigenvalue weighted by Gasteiger charge is 2.25. The zero-order valence-electron chi connectivity index (χ0n) is 14.4. The Morgan fingerprint density at radius 1 is 1.08 bits per heavy atom. The van der Waals surface area contributed by atoms with Gasteiger partial charge in [0.1, 0.15) is 6.61 Å². The van der Waals surface area contributed by atoms with Crippen molar-refractivity contribution in [3.05, 3.63) is 48.0 Å². The third-order valence-corrected chi connectivity index (χ3v) is 3.14. The van der Waals surface area contributed by atoms with Crippen molar-refractivity contribution in [2.24, 2.45) is 5.41 Å². The van der Waals surface area contributed by atoms with Crippen LogP contribution in [0.2, 0.25) is 0 Å². The summed E-state index contributed by atoms with van der Waals surface area (Å²) in [5.74, 6) is -1.49. The molecule has 0 fully saturated rings. The van der Waals surface area contributed by atoms with Crippen LogP contribution in [0.25, 0.3) is 0 Å². The molecule has 0 saturated carbocycles. The molecule has 0 aliphatic rings. The van der Waals surface area contributed by atoms with E-state index in [1.165, 1.54) is 7.11 Å². The fourth-order valence-corrected chi connectivity index (χ4v) is 1.70. The van der Waals surface area contributed by atoms with Crippen molar-refractivity contribution in [1.82, 2.24) is 5.32 Å². The first kappa shape index (κ1) is 19.4. The molecule has 0 aliphatic carbocycles. The van der Waals surface area contributed by atoms with Crippen molar-refractivity contribution in [3.63, 3.8) is 0 Å². The van der Waals surface area contributed by atoms with E-state index in [4.69, 9.17) is 4.74 Å². The number of methoxy groups -OCH3 is 1. The molecular weight excluding hydrogens is 310 g/mol. The first-order valence-electron chi connectivity index (χ1n) is 7.52. The molecule has 1 amide bonds. The fourth-order valence-electron chi connectivity index (χ4n) is 1.70. The fraction of sp³-hybridized carbons (Fsp3) is 0.389. The van der Waals surface area contributed by atoms with Crippen molar-refractivity contribution >= 4 is 17.8 Å². The summed E-state index contributed by atoms with van der Waals surface area (Å²) >= 11 is 0. The molecule has 1 N–H and O–H groups in total. The third kappa shape index (κ3) is 6.64. The number of nitrogens with one attached hydrogen (secondary N) is 1. The second-order valence-corrected chi connectivity index (χ2v) is 6.17. The summed E-state index contributed by atoms with van der Waals surface area (Å²) in [6.45, 7) is 5.36. The normalized spacial score (nSPS) is 12.5. The van der Waals surface area contributed by atoms with E-state index in [1.807, 2.05) is 30.3 Å². The molecule has 1 unspecified atom stereocenters. The SMILES string of the molecule is COC(=O)/C=C/C(=O)OCC(NC(=O)C(C)(C)C)c1ccccc1. The zero-order valence-corrected chi connectivity index (χ0v) is 14.4. The Kier molecular flexibility index (Phi) is 7.17. The highest BCUT2D eigenvalue weighted by atomic mass is 16.5. The Morgan fingerprint density at radius 3 is 2.21 bits per heavy atom. The number of amides is 1. The van der Waals surface area contributed by atoms with E-state index in [2.05, 4.69) is 10.1 Å². The van der Waals surface area contributed by atoms with Gasteiger partial charge in [-0.05, 0) is 5.56 Å². The molecule has 1 rings (SSSR count). The average Bonchev–Trinajstić information content (AvgIpc) is 2.55. The molecule has 0 bridgehead atoms. The van der Waals surface area contributed by atoms with Gasteiger partial charge in [0.15, 0.2) is 0 Å². The summed E-state index contributed by atoms with van der Waals surface area (Å²) < 4.78 is 9.51. The van der Waals surface area contributed by atoms with Crippen LogP contribution in [0.1, 0.15) is 32.4 Å². The number of carbonyl (C=O) groups is 3. The predicted molar refractivity (Wildman–Crippen MR) is 88.9 cm³/mol. The summed E-state index contributed by atoms with van der Waals surface area (Å²) in [5, 5.41) is 2.87. The Labute approximate surface area is 141 Å². The Morgan fingerprint density at radius 2 is 1.67 bits per heavy atom. The van der Waals surface area contributed by atoms with Gasteiger partial charge < -0.3 is 14.8 Å². The lowest BCUT2D eigenvalue weighted by Crippen LogP contribution is -2.39. The van der Waals surface area contributed by atoms with Gasteiger partial charge in [0.2, 0.25) is 5.91 Å². The third-order valence-electron chi connectivity index (χ3n) is 3.14. The molecule has 1 atom stereocenters. The van der Waals surface area contributed by atoms with Crippen molar-refractivity contribution in [2.75, 3.05) is 13.7 Å². The Hall–Kier alpha value is -2.63. The molecule has 1 aromatic rings. The summed E-state index contributed by atoms with van der Waals surface area (Å²) in [6.07, 6.45) is 1.97. The Bertz CT molecular complexity index is 602. The molecule has 0 heterocycles. The lowest BCUT2D eigenvalue weighted by molar-refractivity contribution is -0.141. The minimum absolute atomic E-state index is 0.0455. The molecule has 130 valence electrons. The number of esters is 2. The van der Waals surface area contributed by atoms with E-state index in [-0.39, 0.29) is 12.5 Å². The molecular formula is C18H23NO5. The summed E-state index contributed by atoms with van der Waals surface area (Å²) in [7, 11) is 1.21. The molecule has 24 heavy (non-hydrogen) atoms. The molecule has 0 aliphatic heterocycles. The van der Waals surface area contributed by atoms with Crippen molar-refractivity contribution in [3.8, 4) is 0 Å². The smallest absolute Gasteiger partial charge is 0.331 e. The second kappa shape index (κ2) is 8.86. The quantitative estimate of drug-likeness (QED) is 0.637. The van der Waals surface area contributed by atoms with Crippen LogP contribution in [-0.4, -0.2) is 31.6 Å². The van der Waals surface area contributed by atoms with Gasteiger partial charge >= 0.3 is 11.9 Å². The number of hydrogen-bond acceptors (Lipinski definition) is 5. The number of hydrogen-bond donors (Lipinski definition) is 1. The first-order valence-corrected chi connectivity index (χ1v) is 7.52. The maximum absolute atomic E-state index is 12.2. The van der Waals surface area contributed by atoms with Crippen LogP contribution in [0.3, 0.4) is 0 Å². The first-order chi connectivity index (χ1) is 11.2. The average molecular weight is 333 g/mol. The van der Waals surface area contributed by atoms with Gasteiger partial charge in [0.25, 0.3) is 0 Å². The lowest BCUT2D eigenvalue weighted by atomic mass is 9.94. The van der Waals surface area contributed by atoms with Crippen LogP contribution >= 0.6 is 0 Å². The van der Waals surface area contributed by atoms with Crippen LogP contribution in [0, 0.1) is 5.41 Å². The predicted octanol–water partition coefficient (Wildman–Crippen LogP) is 2.16. The zero-order chi connectivity index (χ0) is 18.2. The van der Waals surface area contributed by atoms with Gasteiger partial charge in [-0.3, -0.25) is 4.79 Å². The molecule has 0 radical (unpaired) electrons. The van der Waals surface area contributed by atoms with Gasteiger partial charge in [0, 0.05) is 17.6 Å². The van der Waals surface area contributed by atoms with Gasteiger partial charge in [-0.2, -0.15) is 0 Å². The van der Waals surface area contributed by atoms with E-state index in [9.17, 15) is 14.4 Å². The largest absolute Gasteiger partial charge is 0.466 e. The number of benzene rings is 1. The van der Waals surface area contributed by atoms with Crippen LogP contribution in [-0.2, 0) is 23.9 Å². The van der Waals surface area contributed by atoms with Gasteiger partial charge in [0.05, 0.1) is 13.2 Å². The van der Waals surface area contributed by atoms with Crippen LogP contribution in [0.5, 0.6) is 0 Å². The van der Waals surface area contributed by atoms with Gasteiger partial charge in [-0.25, -0.2) is 9.59 Å². The van der Waals surface area contributed by atoms with Crippen LogP contribution in [0.15, 0.2) is 42.5 Å². The van der Waals surface area contributed by atoms with Gasteiger partial charge in [-0.1, -0.05) is 51.1 Å². The summed E-state index contributed by atoms with van der Waals surface area (Å²) in [6, 6.07) is 8.73. The van der Waals surface area contributed by atoms with E-state index >= 15 is 0 Å². The maximum Gasteiger partial charge on any atom is 0.331 e. The lowest BCUT2D eigenvalue weighted by Gasteiger charge is -2.24. The molecule has 0 spiro atoms. The van der Waals surface area contributed by atoms with E-state index in [1.54, 1.807) is 20.8 Å². The van der Waals surface area contributed by atoms with E-state index in [0.717, 1.165) is 17.7 Å².